The van der Waals surface area contributed by atoms with Crippen LogP contribution in [-0.2, 0) is 0 Å². The summed E-state index contributed by atoms with van der Waals surface area (Å²) >= 11 is 5.89. The summed E-state index contributed by atoms with van der Waals surface area (Å²) in [5.74, 6) is -0.459. The van der Waals surface area contributed by atoms with Crippen LogP contribution in [0.5, 0.6) is 0 Å². The highest BCUT2D eigenvalue weighted by Crippen LogP contribution is 2.25. The molecule has 0 aliphatic carbocycles. The molecule has 0 saturated carbocycles. The summed E-state index contributed by atoms with van der Waals surface area (Å²) < 4.78 is 0. The lowest BCUT2D eigenvalue weighted by atomic mass is 10.0. The fraction of sp³-hybridized carbons (Fsp3) is 0. The van der Waals surface area contributed by atoms with E-state index in [0.29, 0.717) is 5.69 Å². The molecule has 1 amide bonds. The van der Waals surface area contributed by atoms with Gasteiger partial charge in [-0.05, 0) is 41.0 Å². The zero-order valence-corrected chi connectivity index (χ0v) is 11.9. The van der Waals surface area contributed by atoms with E-state index in [1.807, 2.05) is 54.6 Å². The number of rotatable bonds is 3. The molecule has 1 heterocycles. The summed E-state index contributed by atoms with van der Waals surface area (Å²) in [7, 11) is 0. The fourth-order valence-electron chi connectivity index (χ4n) is 2.19. The molecule has 21 heavy (non-hydrogen) atoms. The Balaban J connectivity index is 1.89. The first-order chi connectivity index (χ1) is 10.1. The minimum absolute atomic E-state index is 0.409. The van der Waals surface area contributed by atoms with Crippen molar-refractivity contribution >= 4 is 17.5 Å². The Labute approximate surface area is 127 Å². The van der Waals surface area contributed by atoms with Gasteiger partial charge in [-0.15, -0.1) is 0 Å². The normalized spacial score (nSPS) is 10.5. The Kier molecular flexibility index (Phi) is 3.50. The predicted molar refractivity (Wildman–Crippen MR) is 85.2 cm³/mol. The molecule has 0 radical (unpaired) electrons. The number of nitrogens with one attached hydrogen (secondary N) is 1. The monoisotopic (exact) mass is 296 g/mol. The molecule has 0 atom stereocenters. The highest BCUT2D eigenvalue weighted by atomic mass is 35.5. The van der Waals surface area contributed by atoms with E-state index in [2.05, 4.69) is 4.98 Å². The van der Waals surface area contributed by atoms with E-state index >= 15 is 0 Å². The van der Waals surface area contributed by atoms with Crippen LogP contribution in [0.1, 0.15) is 10.5 Å². The minimum Gasteiger partial charge on any atom is -0.364 e. The highest BCUT2D eigenvalue weighted by molar-refractivity contribution is 6.30. The van der Waals surface area contributed by atoms with Crippen LogP contribution < -0.4 is 5.73 Å². The van der Waals surface area contributed by atoms with Crippen molar-refractivity contribution in [3.63, 3.8) is 0 Å². The van der Waals surface area contributed by atoms with Gasteiger partial charge in [-0.25, -0.2) is 0 Å². The van der Waals surface area contributed by atoms with E-state index in [4.69, 9.17) is 17.3 Å². The maximum atomic E-state index is 11.1. The van der Waals surface area contributed by atoms with Crippen molar-refractivity contribution in [3.8, 4) is 22.4 Å². The van der Waals surface area contributed by atoms with Gasteiger partial charge in [0.15, 0.2) is 0 Å². The number of hydrogen-bond donors (Lipinski definition) is 2. The number of carbonyl (C=O) groups is 1. The van der Waals surface area contributed by atoms with Crippen LogP contribution in [0.3, 0.4) is 0 Å². The van der Waals surface area contributed by atoms with Crippen LogP contribution in [0.25, 0.3) is 22.4 Å². The van der Waals surface area contributed by atoms with Crippen molar-refractivity contribution < 1.29 is 4.79 Å². The molecular weight excluding hydrogens is 284 g/mol. The lowest BCUT2D eigenvalue weighted by molar-refractivity contribution is 0.0996. The molecule has 3 rings (SSSR count). The standard InChI is InChI=1S/C17H13ClN2O/c18-14-7-5-12(6-8-14)11-1-3-13(4-2-11)15-9-10-16(20-15)17(19)21/h1-10,20H,(H2,19,21). The second-order valence-electron chi connectivity index (χ2n) is 4.73. The molecule has 104 valence electrons. The Morgan fingerprint density at radius 2 is 1.33 bits per heavy atom. The number of aromatic amines is 1. The minimum atomic E-state index is -0.459. The fourth-order valence-corrected chi connectivity index (χ4v) is 2.32. The molecule has 0 aliphatic rings. The molecular formula is C17H13ClN2O. The molecule has 0 unspecified atom stereocenters. The summed E-state index contributed by atoms with van der Waals surface area (Å²) in [6.07, 6.45) is 0. The van der Waals surface area contributed by atoms with Gasteiger partial charge in [-0.1, -0.05) is 48.0 Å². The molecule has 0 spiro atoms. The number of H-pyrrole nitrogens is 1. The summed E-state index contributed by atoms with van der Waals surface area (Å²) in [5, 5.41) is 0.723. The van der Waals surface area contributed by atoms with Crippen LogP contribution in [0.4, 0.5) is 0 Å². The number of benzene rings is 2. The summed E-state index contributed by atoms with van der Waals surface area (Å²) in [6.45, 7) is 0. The van der Waals surface area contributed by atoms with E-state index in [1.54, 1.807) is 6.07 Å². The van der Waals surface area contributed by atoms with Gasteiger partial charge >= 0.3 is 0 Å². The number of aromatic nitrogens is 1. The predicted octanol–water partition coefficient (Wildman–Crippen LogP) is 4.10. The van der Waals surface area contributed by atoms with Crippen LogP contribution in [0.2, 0.25) is 5.02 Å². The van der Waals surface area contributed by atoms with Crippen molar-refractivity contribution in [3.05, 3.63) is 71.4 Å². The maximum Gasteiger partial charge on any atom is 0.265 e. The van der Waals surface area contributed by atoms with Gasteiger partial charge in [0.05, 0.1) is 0 Å². The highest BCUT2D eigenvalue weighted by Gasteiger charge is 2.06. The molecule has 0 fully saturated rings. The molecule has 4 heteroatoms. The zero-order chi connectivity index (χ0) is 14.8. The molecule has 0 aliphatic heterocycles. The molecule has 2 aromatic carbocycles. The van der Waals surface area contributed by atoms with Crippen LogP contribution in [0, 0.1) is 0 Å². The Morgan fingerprint density at radius 3 is 1.86 bits per heavy atom. The van der Waals surface area contributed by atoms with Gasteiger partial charge in [-0.3, -0.25) is 4.79 Å². The average molecular weight is 297 g/mol. The SMILES string of the molecule is NC(=O)c1ccc(-c2ccc(-c3ccc(Cl)cc3)cc2)[nH]1. The van der Waals surface area contributed by atoms with E-state index in [-0.39, 0.29) is 0 Å². The first-order valence-corrected chi connectivity index (χ1v) is 6.86. The molecule has 0 saturated heterocycles. The van der Waals surface area contributed by atoms with E-state index < -0.39 is 5.91 Å². The Morgan fingerprint density at radius 1 is 0.810 bits per heavy atom. The van der Waals surface area contributed by atoms with Gasteiger partial charge in [0.25, 0.3) is 5.91 Å². The second-order valence-corrected chi connectivity index (χ2v) is 5.17. The first kappa shape index (κ1) is 13.5. The van der Waals surface area contributed by atoms with Gasteiger partial charge in [0.2, 0.25) is 0 Å². The van der Waals surface area contributed by atoms with Crippen molar-refractivity contribution in [1.29, 1.82) is 0 Å². The topological polar surface area (TPSA) is 58.9 Å². The van der Waals surface area contributed by atoms with Crippen LogP contribution in [-0.4, -0.2) is 10.9 Å². The number of carbonyl (C=O) groups excluding carboxylic acids is 1. The smallest absolute Gasteiger partial charge is 0.265 e. The molecule has 0 bridgehead atoms. The number of primary amides is 1. The van der Waals surface area contributed by atoms with Crippen molar-refractivity contribution in [2.45, 2.75) is 0 Å². The third-order valence-corrected chi connectivity index (χ3v) is 3.58. The first-order valence-electron chi connectivity index (χ1n) is 6.49. The molecule has 3 aromatic rings. The molecule has 3 nitrogen and oxygen atoms in total. The van der Waals surface area contributed by atoms with E-state index in [9.17, 15) is 4.79 Å². The quantitative estimate of drug-likeness (QED) is 0.751. The van der Waals surface area contributed by atoms with E-state index in [1.165, 1.54) is 0 Å². The van der Waals surface area contributed by atoms with Gasteiger partial charge in [0.1, 0.15) is 5.69 Å². The summed E-state index contributed by atoms with van der Waals surface area (Å²) in [6, 6.07) is 19.3. The zero-order valence-electron chi connectivity index (χ0n) is 11.1. The number of halogens is 1. The summed E-state index contributed by atoms with van der Waals surface area (Å²) in [4.78, 5) is 14.1. The van der Waals surface area contributed by atoms with Gasteiger partial charge in [-0.2, -0.15) is 0 Å². The molecule has 3 N–H and O–H groups in total. The lowest BCUT2D eigenvalue weighted by Gasteiger charge is -2.04. The van der Waals surface area contributed by atoms with Gasteiger partial charge < -0.3 is 10.7 Å². The van der Waals surface area contributed by atoms with E-state index in [0.717, 1.165) is 27.4 Å². The van der Waals surface area contributed by atoms with Crippen molar-refractivity contribution in [2.75, 3.05) is 0 Å². The number of amides is 1. The van der Waals surface area contributed by atoms with Crippen molar-refractivity contribution in [2.24, 2.45) is 5.73 Å². The molecule has 1 aromatic heterocycles. The van der Waals surface area contributed by atoms with Crippen LogP contribution in [0.15, 0.2) is 60.7 Å². The second kappa shape index (κ2) is 5.46. The summed E-state index contributed by atoms with van der Waals surface area (Å²) in [5.41, 5.74) is 9.73. The lowest BCUT2D eigenvalue weighted by Crippen LogP contribution is -2.10. The average Bonchev–Trinajstić information content (AvgIpc) is 2.98. The number of hydrogen-bond acceptors (Lipinski definition) is 1. The van der Waals surface area contributed by atoms with Gasteiger partial charge in [0, 0.05) is 10.7 Å². The number of nitrogens with two attached hydrogens (primary N) is 1. The third-order valence-electron chi connectivity index (χ3n) is 3.32. The Bertz CT molecular complexity index is 773. The largest absolute Gasteiger partial charge is 0.364 e. The van der Waals surface area contributed by atoms with Crippen molar-refractivity contribution in [1.82, 2.24) is 4.98 Å². The Hall–Kier alpha value is -2.52. The van der Waals surface area contributed by atoms with Crippen LogP contribution >= 0.6 is 11.6 Å². The third kappa shape index (κ3) is 2.83. The maximum absolute atomic E-state index is 11.1.